The molecule has 136 heavy (non-hydrogen) atoms. The molecule has 19 N–H and O–H groups in total. The highest BCUT2D eigenvalue weighted by Gasteiger charge is 2.43. The van der Waals surface area contributed by atoms with E-state index >= 15 is 0 Å². The molecule has 0 spiro atoms. The molecule has 0 saturated heterocycles. The molecule has 15 aromatic rings. The number of aliphatic hydroxyl groups excluding tert-OH is 4. The number of nitrogens with one attached hydrogen (secondary N) is 5. The molecule has 0 radical (unpaired) electrons. The molecule has 0 aliphatic heterocycles. The maximum absolute atomic E-state index is 11.9. The molecule has 0 bridgehead atoms. The predicted molar refractivity (Wildman–Crippen MR) is 576 cm³/mol. The van der Waals surface area contributed by atoms with Crippen LogP contribution in [0.25, 0.3) is 107 Å². The molecule has 10 aromatic heterocycles. The Labute approximate surface area is 860 Å². The van der Waals surface area contributed by atoms with Crippen LogP contribution in [-0.4, -0.2) is 155 Å². The van der Waals surface area contributed by atoms with E-state index in [0.29, 0.717) is 247 Å². The highest BCUT2D eigenvalue weighted by molar-refractivity contribution is 7.59. The van der Waals surface area contributed by atoms with Crippen molar-refractivity contribution in [3.05, 3.63) is 166 Å². The fourth-order valence-electron chi connectivity index (χ4n) is 13.2. The number of anilines is 10. The Hall–Kier alpha value is -9.26. The number of hydrogen-bond acceptors (Lipinski definition) is 34. The molecule has 3 atom stereocenters. The number of aliphatic hydroxyl groups is 4. The van der Waals surface area contributed by atoms with Crippen molar-refractivity contribution in [2.24, 2.45) is 0 Å². The van der Waals surface area contributed by atoms with Crippen molar-refractivity contribution in [2.45, 2.75) is 146 Å². The Bertz CT molecular complexity index is 6900. The van der Waals surface area contributed by atoms with Crippen LogP contribution in [-0.2, 0) is 0 Å². The van der Waals surface area contributed by atoms with Gasteiger partial charge >= 0.3 is 0 Å². The molecule has 10 heterocycles. The van der Waals surface area contributed by atoms with Crippen LogP contribution in [0.1, 0.15) is 165 Å². The van der Waals surface area contributed by atoms with Crippen LogP contribution in [0.2, 0.25) is 50.2 Å². The lowest BCUT2D eigenvalue weighted by Gasteiger charge is -2.21. The average Bonchev–Trinajstić information content (AvgIpc) is 1.60. The minimum Gasteiger partial charge on any atom is -0.397 e. The van der Waals surface area contributed by atoms with Gasteiger partial charge in [0.15, 0.2) is 28.9 Å². The summed E-state index contributed by atoms with van der Waals surface area (Å²) in [4.78, 5) is 110. The molecular weight excluding hydrogens is 2060 g/mol. The van der Waals surface area contributed by atoms with E-state index in [4.69, 9.17) is 145 Å². The summed E-state index contributed by atoms with van der Waals surface area (Å²) in [7, 11) is 0. The highest BCUT2D eigenvalue weighted by atomic mass is 35.5. The van der Waals surface area contributed by atoms with Crippen molar-refractivity contribution in [3.8, 4) is 56.3 Å². The predicted octanol–water partition coefficient (Wildman–Crippen LogP) is 24.9. The van der Waals surface area contributed by atoms with Crippen LogP contribution in [0, 0.1) is 0 Å². The zero-order chi connectivity index (χ0) is 97.0. The summed E-state index contributed by atoms with van der Waals surface area (Å²) >= 11 is 67.1. The minimum absolute atomic E-state index is 0. The van der Waals surface area contributed by atoms with Gasteiger partial charge in [-0.15, -0.1) is 56.7 Å². The lowest BCUT2D eigenvalue weighted by molar-refractivity contribution is 0.101. The number of nitrogen functional groups attached to an aromatic ring is 5. The molecular formula is C91H96Cl10N20O9S6. The van der Waals surface area contributed by atoms with Gasteiger partial charge in [0.05, 0.1) is 202 Å². The Morgan fingerprint density at radius 2 is 0.625 bits per heavy atom. The third kappa shape index (κ3) is 25.3. The smallest absolute Gasteiger partial charge is 0.225 e. The van der Waals surface area contributed by atoms with Gasteiger partial charge in [-0.2, -0.15) is 13.5 Å². The number of benzene rings is 5. The van der Waals surface area contributed by atoms with Crippen molar-refractivity contribution in [1.82, 2.24) is 49.8 Å². The van der Waals surface area contributed by atoms with E-state index < -0.39 is 6.10 Å². The van der Waals surface area contributed by atoms with Gasteiger partial charge in [0.25, 0.3) is 0 Å². The molecule has 29 nitrogen and oxygen atoms in total. The molecule has 0 amide bonds. The maximum Gasteiger partial charge on any atom is 0.225 e. The summed E-state index contributed by atoms with van der Waals surface area (Å²) in [5, 5.41) is 60.9. The summed E-state index contributed by atoms with van der Waals surface area (Å²) < 4.78 is 0. The fraction of sp³-hybridized carbons (Fsp3) is 0.286. The van der Waals surface area contributed by atoms with Gasteiger partial charge in [0.2, 0.25) is 29.7 Å². The fourth-order valence-corrected chi connectivity index (χ4v) is 19.6. The molecule has 1 saturated carbocycles. The standard InChI is InChI=1S/C18H16Cl2N4O2S.2C18H18Cl2N4O2S.C18H18Cl2N4OS.C17H16Cl2N4O2S.2CH4.H2S/c1-8(26)15-13(21)12-14(9-2-3-10(19)11(20)6-9)22-17(23-16(12)27-15)24-18(7-25)4-5-18;2*1-3-10(7-25)22-18-23-15(9-4-5-11(19)12(20)6-9)13-14(21)16(8(2)26)27-17(13)24-18;1-8(25)15-13(21)12-14(9-5-6-10(19)11(20)7-9)22-17(23-16(12)26-15)24-18(2,3)4;1-7(24)6-21-17-22-14(9-3-4-10(18)11(19)5-9)12-13(20)15(8(2)25)26-16(12)23-17;;;/h2-3,6,25H,4-5,7,21H2,1H3,(H,22,23,24);2*4-6,10,25H,3,7,21H2,1-2H3,(H,22,23,24);5-7H,21H2,1-4H3,(H,22,23,24);3-5,7,24H,6,20H2,1-2H3,(H,21,22,23);2*1H4;1H2/t;2*10-;;7-;;;/m.10.1.../s1. The number of carbonyl (C=O) groups is 5. The number of ketones is 5. The Morgan fingerprint density at radius 3 is 0.846 bits per heavy atom. The van der Waals surface area contributed by atoms with E-state index in [1.807, 2.05) is 40.7 Å². The Morgan fingerprint density at radius 1 is 0.390 bits per heavy atom. The summed E-state index contributed by atoms with van der Waals surface area (Å²) in [5.41, 5.74) is 38.8. The molecule has 16 rings (SSSR count). The van der Waals surface area contributed by atoms with Gasteiger partial charge in [0, 0.05) is 74.5 Å². The van der Waals surface area contributed by atoms with Crippen molar-refractivity contribution >= 4 is 324 Å². The molecule has 1 aliphatic rings. The van der Waals surface area contributed by atoms with Gasteiger partial charge in [-0.25, -0.2) is 49.8 Å². The third-order valence-electron chi connectivity index (χ3n) is 20.2. The van der Waals surface area contributed by atoms with Gasteiger partial charge in [-0.3, -0.25) is 24.0 Å². The summed E-state index contributed by atoms with van der Waals surface area (Å²) in [6.45, 7) is 19.1. The summed E-state index contributed by atoms with van der Waals surface area (Å²) in [6, 6.07) is 25.5. The molecule has 1 fully saturated rings. The number of halogens is 10. The molecule has 720 valence electrons. The van der Waals surface area contributed by atoms with Gasteiger partial charge in [0.1, 0.15) is 24.2 Å². The molecule has 45 heteroatoms. The van der Waals surface area contributed by atoms with Crippen LogP contribution in [0.5, 0.6) is 0 Å². The van der Waals surface area contributed by atoms with Crippen molar-refractivity contribution in [3.63, 3.8) is 0 Å². The second-order valence-electron chi connectivity index (χ2n) is 31.6. The van der Waals surface area contributed by atoms with E-state index in [2.05, 4.69) is 76.4 Å². The molecule has 5 aromatic carbocycles. The van der Waals surface area contributed by atoms with Crippen molar-refractivity contribution in [2.75, 3.05) is 81.6 Å². The number of Topliss-reactive ketones (excluding diaryl/α,β-unsaturated/α-hetero) is 5. The van der Waals surface area contributed by atoms with E-state index in [1.165, 1.54) is 91.3 Å². The number of nitrogens with zero attached hydrogens (tertiary/aromatic N) is 10. The van der Waals surface area contributed by atoms with Crippen molar-refractivity contribution in [1.29, 1.82) is 0 Å². The number of nitrogens with two attached hydrogens (primary N) is 5. The second kappa shape index (κ2) is 46.7. The first-order chi connectivity index (χ1) is 62.9. The minimum atomic E-state index is -0.566. The zero-order valence-electron chi connectivity index (χ0n) is 73.1. The molecule has 1 aliphatic carbocycles. The number of rotatable bonds is 25. The first kappa shape index (κ1) is 110. The van der Waals surface area contributed by atoms with Crippen molar-refractivity contribution < 1.29 is 44.4 Å². The number of aromatic nitrogens is 10. The summed E-state index contributed by atoms with van der Waals surface area (Å²) in [5.74, 6) is 1.24. The van der Waals surface area contributed by atoms with Gasteiger partial charge in [-0.05, 0) is 114 Å². The van der Waals surface area contributed by atoms with E-state index in [0.717, 1.165) is 18.4 Å². The maximum atomic E-state index is 11.9. The Balaban J connectivity index is 0.000000190. The topological polar surface area (TPSA) is 485 Å². The van der Waals surface area contributed by atoms with E-state index in [1.54, 1.807) is 91.9 Å². The second-order valence-corrected chi connectivity index (χ2v) is 40.6. The van der Waals surface area contributed by atoms with E-state index in [9.17, 15) is 44.4 Å². The third-order valence-corrected chi connectivity index (χ3v) is 29.9. The zero-order valence-corrected chi connectivity index (χ0v) is 85.7. The van der Waals surface area contributed by atoms with Crippen LogP contribution in [0.3, 0.4) is 0 Å². The number of fused-ring (bicyclic) bond motifs is 5. The SMILES string of the molecule is C.C.CC(=O)c1sc2nc(NC(C)(C)C)nc(-c3ccc(Cl)c(Cl)c3)c2c1N.CC(=O)c1sc2nc(NC3(CO)CC3)nc(-c3ccc(Cl)c(Cl)c3)c2c1N.CC(=O)c1sc2nc(NC[C@@H](C)O)nc(-c3ccc(Cl)c(Cl)c3)c2c1N.CC[C@@H](CO)Nc1nc(-c2ccc(Cl)c(Cl)c2)c2c(N)c(C(C)=O)sc2n1.CC[C@H](CO)Nc1nc(-c2ccc(Cl)c(Cl)c2)c2c(N)c(C(C)=O)sc2n1.S. The quantitative estimate of drug-likeness (QED) is 0.0236. The highest BCUT2D eigenvalue weighted by Crippen LogP contribution is 2.48. The van der Waals surface area contributed by atoms with Crippen LogP contribution in [0.4, 0.5) is 58.2 Å². The lowest BCUT2D eigenvalue weighted by atomic mass is 10.1. The van der Waals surface area contributed by atoms with Crippen LogP contribution in [0.15, 0.2) is 91.0 Å². The van der Waals surface area contributed by atoms with Crippen LogP contribution >= 0.6 is 186 Å². The van der Waals surface area contributed by atoms with Gasteiger partial charge < -0.3 is 75.7 Å². The number of thiophene rings is 5. The first-order valence-corrected chi connectivity index (χ1v) is 48.4. The number of carbonyl (C=O) groups excluding carboxylic acids is 5. The number of hydrogen-bond donors (Lipinski definition) is 14. The molecule has 0 unspecified atom stereocenters. The lowest BCUT2D eigenvalue weighted by Crippen LogP contribution is -2.27. The van der Waals surface area contributed by atoms with Gasteiger partial charge in [-0.1, -0.05) is 175 Å². The largest absolute Gasteiger partial charge is 0.397 e. The normalized spacial score (nSPS) is 12.5. The Kier molecular flexibility index (Phi) is 37.9. The van der Waals surface area contributed by atoms with E-state index in [-0.39, 0.29) is 107 Å². The summed E-state index contributed by atoms with van der Waals surface area (Å²) in [6.07, 6.45) is 2.52. The first-order valence-electron chi connectivity index (χ1n) is 40.5. The monoisotopic (exact) mass is 2150 g/mol. The average molecular weight is 2160 g/mol. The van der Waals surface area contributed by atoms with Crippen LogP contribution < -0.4 is 55.3 Å².